The van der Waals surface area contributed by atoms with Crippen molar-refractivity contribution in [3.05, 3.63) is 59.3 Å². The lowest BCUT2D eigenvalue weighted by Crippen LogP contribution is -2.30. The van der Waals surface area contributed by atoms with Crippen molar-refractivity contribution in [3.63, 3.8) is 0 Å². The standard InChI is InChI=1S/C14H16N4/c1-10-8-11(2)16-13(9-10)17-14(18-15)12-6-4-3-5-7-12/h3-9H,15H2,1-2H3,(H,16,17,18). The maximum Gasteiger partial charge on any atom is 0.154 e. The zero-order valence-electron chi connectivity index (χ0n) is 10.5. The quantitative estimate of drug-likeness (QED) is 0.366. The molecule has 1 heterocycles. The molecule has 1 aromatic carbocycles. The molecule has 0 radical (unpaired) electrons. The van der Waals surface area contributed by atoms with Crippen molar-refractivity contribution in [1.29, 1.82) is 0 Å². The number of aryl methyl sites for hydroxylation is 2. The Kier molecular flexibility index (Phi) is 3.69. The number of rotatable bonds is 2. The third-order valence-corrected chi connectivity index (χ3v) is 2.49. The van der Waals surface area contributed by atoms with Crippen LogP contribution < -0.4 is 11.3 Å². The topological polar surface area (TPSA) is 63.3 Å². The van der Waals surface area contributed by atoms with Crippen LogP contribution in [-0.4, -0.2) is 10.8 Å². The van der Waals surface area contributed by atoms with Crippen LogP contribution in [-0.2, 0) is 0 Å². The Labute approximate surface area is 107 Å². The molecule has 4 heteroatoms. The van der Waals surface area contributed by atoms with Gasteiger partial charge in [-0.3, -0.25) is 0 Å². The van der Waals surface area contributed by atoms with Crippen LogP contribution in [0.4, 0.5) is 5.82 Å². The lowest BCUT2D eigenvalue weighted by molar-refractivity contribution is 1.02. The van der Waals surface area contributed by atoms with E-state index in [4.69, 9.17) is 5.84 Å². The first-order valence-electron chi connectivity index (χ1n) is 5.75. The van der Waals surface area contributed by atoms with Gasteiger partial charge in [0.25, 0.3) is 0 Å². The van der Waals surface area contributed by atoms with Crippen molar-refractivity contribution in [2.75, 3.05) is 0 Å². The summed E-state index contributed by atoms with van der Waals surface area (Å²) < 4.78 is 0. The number of aromatic nitrogens is 1. The van der Waals surface area contributed by atoms with Gasteiger partial charge in [0.2, 0.25) is 0 Å². The number of amidine groups is 1. The van der Waals surface area contributed by atoms with Crippen LogP contribution in [0.1, 0.15) is 16.8 Å². The van der Waals surface area contributed by atoms with E-state index in [0.717, 1.165) is 16.8 Å². The van der Waals surface area contributed by atoms with Crippen molar-refractivity contribution >= 4 is 11.7 Å². The molecule has 92 valence electrons. The SMILES string of the molecule is Cc1cc(C)nc(/N=C(\NN)c2ccccc2)c1. The molecule has 0 saturated carbocycles. The molecule has 0 saturated heterocycles. The first-order chi connectivity index (χ1) is 8.69. The number of nitrogens with one attached hydrogen (secondary N) is 1. The highest BCUT2D eigenvalue weighted by molar-refractivity contribution is 5.99. The van der Waals surface area contributed by atoms with E-state index in [0.29, 0.717) is 11.7 Å². The van der Waals surface area contributed by atoms with Crippen molar-refractivity contribution in [2.24, 2.45) is 10.8 Å². The van der Waals surface area contributed by atoms with E-state index >= 15 is 0 Å². The van der Waals surface area contributed by atoms with E-state index in [2.05, 4.69) is 15.4 Å². The van der Waals surface area contributed by atoms with Gasteiger partial charge in [-0.05, 0) is 31.5 Å². The molecular weight excluding hydrogens is 224 g/mol. The summed E-state index contributed by atoms with van der Waals surface area (Å²) in [6.07, 6.45) is 0. The largest absolute Gasteiger partial charge is 0.308 e. The van der Waals surface area contributed by atoms with Gasteiger partial charge in [0.15, 0.2) is 5.82 Å². The van der Waals surface area contributed by atoms with Gasteiger partial charge in [0.1, 0.15) is 5.84 Å². The third kappa shape index (κ3) is 2.93. The number of aliphatic imine (C=N–C) groups is 1. The van der Waals surface area contributed by atoms with Gasteiger partial charge in [0.05, 0.1) is 0 Å². The highest BCUT2D eigenvalue weighted by Gasteiger charge is 2.02. The van der Waals surface area contributed by atoms with E-state index in [9.17, 15) is 0 Å². The molecule has 0 bridgehead atoms. The van der Waals surface area contributed by atoms with Crippen molar-refractivity contribution < 1.29 is 0 Å². The minimum atomic E-state index is 0.605. The summed E-state index contributed by atoms with van der Waals surface area (Å²) in [4.78, 5) is 8.80. The van der Waals surface area contributed by atoms with Crippen LogP contribution >= 0.6 is 0 Å². The van der Waals surface area contributed by atoms with Gasteiger partial charge in [0, 0.05) is 11.3 Å². The molecule has 0 atom stereocenters. The number of hydrazine groups is 1. The Morgan fingerprint density at radius 3 is 2.50 bits per heavy atom. The summed E-state index contributed by atoms with van der Waals surface area (Å²) in [6.45, 7) is 3.97. The molecule has 0 unspecified atom stereocenters. The molecule has 0 fully saturated rings. The monoisotopic (exact) mass is 240 g/mol. The van der Waals surface area contributed by atoms with Gasteiger partial charge in [-0.1, -0.05) is 30.3 Å². The van der Waals surface area contributed by atoms with Crippen LogP contribution in [0.3, 0.4) is 0 Å². The molecule has 1 aromatic heterocycles. The van der Waals surface area contributed by atoms with Crippen LogP contribution in [0.15, 0.2) is 47.5 Å². The molecule has 0 aliphatic rings. The molecule has 0 spiro atoms. The highest BCUT2D eigenvalue weighted by Crippen LogP contribution is 2.13. The van der Waals surface area contributed by atoms with Crippen LogP contribution in [0.2, 0.25) is 0 Å². The van der Waals surface area contributed by atoms with E-state index in [1.54, 1.807) is 0 Å². The van der Waals surface area contributed by atoms with Crippen LogP contribution in [0.5, 0.6) is 0 Å². The fourth-order valence-corrected chi connectivity index (χ4v) is 1.77. The minimum absolute atomic E-state index is 0.605. The van der Waals surface area contributed by atoms with Crippen LogP contribution in [0, 0.1) is 13.8 Å². The Hall–Kier alpha value is -2.20. The fraction of sp³-hybridized carbons (Fsp3) is 0.143. The molecule has 3 N–H and O–H groups in total. The molecule has 18 heavy (non-hydrogen) atoms. The minimum Gasteiger partial charge on any atom is -0.308 e. The number of hydrogen-bond acceptors (Lipinski definition) is 3. The van der Waals surface area contributed by atoms with Crippen molar-refractivity contribution in [2.45, 2.75) is 13.8 Å². The first kappa shape index (κ1) is 12.3. The lowest BCUT2D eigenvalue weighted by atomic mass is 10.2. The average Bonchev–Trinajstić information content (AvgIpc) is 2.36. The smallest absolute Gasteiger partial charge is 0.154 e. The van der Waals surface area contributed by atoms with Crippen LogP contribution in [0.25, 0.3) is 0 Å². The van der Waals surface area contributed by atoms with Gasteiger partial charge in [-0.25, -0.2) is 15.8 Å². The molecule has 2 rings (SSSR count). The number of benzene rings is 1. The Balaban J connectivity index is 2.41. The highest BCUT2D eigenvalue weighted by atomic mass is 15.3. The van der Waals surface area contributed by atoms with E-state index < -0.39 is 0 Å². The number of hydrogen-bond donors (Lipinski definition) is 2. The molecule has 2 aromatic rings. The Bertz CT molecular complexity index is 541. The third-order valence-electron chi connectivity index (χ3n) is 2.49. The summed E-state index contributed by atoms with van der Waals surface area (Å²) >= 11 is 0. The maximum atomic E-state index is 5.52. The van der Waals surface area contributed by atoms with E-state index in [-0.39, 0.29) is 0 Å². The number of pyridine rings is 1. The predicted octanol–water partition coefficient (Wildman–Crippen LogP) is 2.24. The molecule has 4 nitrogen and oxygen atoms in total. The van der Waals surface area contributed by atoms with Gasteiger partial charge in [-0.2, -0.15) is 0 Å². The second kappa shape index (κ2) is 5.42. The first-order valence-corrected chi connectivity index (χ1v) is 5.75. The second-order valence-corrected chi connectivity index (χ2v) is 4.11. The Morgan fingerprint density at radius 1 is 1.17 bits per heavy atom. The average molecular weight is 240 g/mol. The van der Waals surface area contributed by atoms with E-state index in [1.807, 2.05) is 56.3 Å². The van der Waals surface area contributed by atoms with Gasteiger partial charge in [-0.15, -0.1) is 0 Å². The van der Waals surface area contributed by atoms with Gasteiger partial charge >= 0.3 is 0 Å². The predicted molar refractivity (Wildman–Crippen MR) is 73.7 cm³/mol. The zero-order chi connectivity index (χ0) is 13.0. The molecule has 0 aliphatic carbocycles. The fourth-order valence-electron chi connectivity index (χ4n) is 1.77. The zero-order valence-corrected chi connectivity index (χ0v) is 10.5. The normalized spacial score (nSPS) is 11.4. The number of nitrogens with zero attached hydrogens (tertiary/aromatic N) is 2. The van der Waals surface area contributed by atoms with Gasteiger partial charge < -0.3 is 5.43 Å². The Morgan fingerprint density at radius 2 is 1.89 bits per heavy atom. The maximum absolute atomic E-state index is 5.52. The summed E-state index contributed by atoms with van der Waals surface area (Å²) in [5.41, 5.74) is 5.62. The summed E-state index contributed by atoms with van der Waals surface area (Å²) in [6, 6.07) is 13.7. The van der Waals surface area contributed by atoms with Crippen molar-refractivity contribution in [1.82, 2.24) is 10.4 Å². The molecule has 0 amide bonds. The molecular formula is C14H16N4. The molecule has 0 aliphatic heterocycles. The summed E-state index contributed by atoms with van der Waals surface area (Å²) in [5.74, 6) is 6.78. The second-order valence-electron chi connectivity index (χ2n) is 4.11. The summed E-state index contributed by atoms with van der Waals surface area (Å²) in [5, 5.41) is 0. The summed E-state index contributed by atoms with van der Waals surface area (Å²) in [7, 11) is 0. The lowest BCUT2D eigenvalue weighted by Gasteiger charge is -2.06. The van der Waals surface area contributed by atoms with Crippen molar-refractivity contribution in [3.8, 4) is 0 Å². The van der Waals surface area contributed by atoms with E-state index in [1.165, 1.54) is 0 Å². The number of nitrogens with two attached hydrogens (primary N) is 1.